The van der Waals surface area contributed by atoms with Gasteiger partial charge in [0, 0.05) is 31.5 Å². The average Bonchev–Trinajstić information content (AvgIpc) is 2.59. The molecule has 0 radical (unpaired) electrons. The fourth-order valence-corrected chi connectivity index (χ4v) is 2.17. The first kappa shape index (κ1) is 17.7. The summed E-state index contributed by atoms with van der Waals surface area (Å²) in [6.07, 6.45) is -0.895. The van der Waals surface area contributed by atoms with Crippen molar-refractivity contribution < 1.29 is 14.3 Å². The smallest absolute Gasteiger partial charge is 0.319 e. The van der Waals surface area contributed by atoms with E-state index >= 15 is 0 Å². The van der Waals surface area contributed by atoms with Gasteiger partial charge in [-0.1, -0.05) is 18.2 Å². The first-order chi connectivity index (χ1) is 11.5. The third-order valence-corrected chi connectivity index (χ3v) is 3.73. The van der Waals surface area contributed by atoms with Crippen molar-refractivity contribution in [1.29, 1.82) is 0 Å². The van der Waals surface area contributed by atoms with Crippen LogP contribution in [0, 0.1) is 5.82 Å². The van der Waals surface area contributed by atoms with Crippen LogP contribution in [0.2, 0.25) is 0 Å². The number of hydrogen-bond acceptors (Lipinski definition) is 3. The first-order valence-electron chi connectivity index (χ1n) is 7.79. The number of halogens is 1. The maximum absolute atomic E-state index is 12.9. The van der Waals surface area contributed by atoms with Crippen molar-refractivity contribution in [3.05, 3.63) is 59.9 Å². The predicted octanol–water partition coefficient (Wildman–Crippen LogP) is 3.14. The van der Waals surface area contributed by atoms with Crippen molar-refractivity contribution >= 4 is 17.4 Å². The van der Waals surface area contributed by atoms with Gasteiger partial charge in [0.2, 0.25) is 0 Å². The number of urea groups is 1. The molecule has 0 saturated heterocycles. The monoisotopic (exact) mass is 331 g/mol. The van der Waals surface area contributed by atoms with Gasteiger partial charge in [-0.3, -0.25) is 0 Å². The zero-order valence-corrected chi connectivity index (χ0v) is 13.8. The van der Waals surface area contributed by atoms with E-state index in [1.807, 2.05) is 32.2 Å². The molecule has 2 aromatic rings. The molecule has 6 heteroatoms. The van der Waals surface area contributed by atoms with Crippen molar-refractivity contribution in [2.24, 2.45) is 0 Å². The molecule has 0 bridgehead atoms. The van der Waals surface area contributed by atoms with Gasteiger partial charge in [-0.05, 0) is 42.8 Å². The summed E-state index contributed by atoms with van der Waals surface area (Å²) in [5.41, 5.74) is 2.21. The van der Waals surface area contributed by atoms with E-state index in [9.17, 15) is 14.3 Å². The Morgan fingerprint density at radius 3 is 2.62 bits per heavy atom. The van der Waals surface area contributed by atoms with Gasteiger partial charge < -0.3 is 20.6 Å². The number of nitrogens with zero attached hydrogens (tertiary/aromatic N) is 1. The number of benzene rings is 2. The Balaban J connectivity index is 1.88. The molecule has 2 amide bonds. The average molecular weight is 331 g/mol. The van der Waals surface area contributed by atoms with Crippen LogP contribution in [0.1, 0.15) is 18.6 Å². The SMILES string of the molecule is CCN(C)c1cccc(NC(=O)NCC(O)c2ccc(F)cc2)c1. The van der Waals surface area contributed by atoms with E-state index in [4.69, 9.17) is 0 Å². The highest BCUT2D eigenvalue weighted by atomic mass is 19.1. The van der Waals surface area contributed by atoms with Crippen LogP contribution in [0.4, 0.5) is 20.6 Å². The van der Waals surface area contributed by atoms with Crippen LogP contribution in [0.5, 0.6) is 0 Å². The van der Waals surface area contributed by atoms with Gasteiger partial charge in [0.25, 0.3) is 0 Å². The van der Waals surface area contributed by atoms with Crippen molar-refractivity contribution in [3.63, 3.8) is 0 Å². The van der Waals surface area contributed by atoms with E-state index in [1.54, 1.807) is 6.07 Å². The lowest BCUT2D eigenvalue weighted by molar-refractivity contribution is 0.175. The molecule has 0 aliphatic carbocycles. The van der Waals surface area contributed by atoms with Crippen LogP contribution in [-0.4, -0.2) is 31.3 Å². The minimum atomic E-state index is -0.895. The van der Waals surface area contributed by atoms with Crippen LogP contribution in [0.15, 0.2) is 48.5 Å². The topological polar surface area (TPSA) is 64.6 Å². The molecule has 2 aromatic carbocycles. The zero-order valence-electron chi connectivity index (χ0n) is 13.8. The molecule has 0 aliphatic rings. The fourth-order valence-electron chi connectivity index (χ4n) is 2.17. The molecule has 24 heavy (non-hydrogen) atoms. The summed E-state index contributed by atoms with van der Waals surface area (Å²) in [7, 11) is 1.97. The molecule has 128 valence electrons. The third kappa shape index (κ3) is 4.96. The van der Waals surface area contributed by atoms with Crippen LogP contribution >= 0.6 is 0 Å². The lowest BCUT2D eigenvalue weighted by atomic mass is 10.1. The fraction of sp³-hybridized carbons (Fsp3) is 0.278. The second kappa shape index (κ2) is 8.31. The second-order valence-corrected chi connectivity index (χ2v) is 5.47. The van der Waals surface area contributed by atoms with Crippen LogP contribution in [0.25, 0.3) is 0 Å². The molecular formula is C18H22FN3O2. The second-order valence-electron chi connectivity index (χ2n) is 5.47. The van der Waals surface area contributed by atoms with E-state index in [1.165, 1.54) is 24.3 Å². The maximum Gasteiger partial charge on any atom is 0.319 e. The Kier molecular flexibility index (Phi) is 6.14. The summed E-state index contributed by atoms with van der Waals surface area (Å²) in [4.78, 5) is 14.0. The molecule has 0 saturated carbocycles. The van der Waals surface area contributed by atoms with E-state index in [0.717, 1.165) is 12.2 Å². The Bertz CT molecular complexity index is 676. The summed E-state index contributed by atoms with van der Waals surface area (Å²) in [6.45, 7) is 2.94. The van der Waals surface area contributed by atoms with E-state index in [-0.39, 0.29) is 12.4 Å². The molecule has 0 fully saturated rings. The zero-order chi connectivity index (χ0) is 17.5. The summed E-state index contributed by atoms with van der Waals surface area (Å²) in [5.74, 6) is -0.367. The highest BCUT2D eigenvalue weighted by Crippen LogP contribution is 2.18. The minimum Gasteiger partial charge on any atom is -0.387 e. The van der Waals surface area contributed by atoms with Gasteiger partial charge in [0.1, 0.15) is 5.82 Å². The number of amides is 2. The quantitative estimate of drug-likeness (QED) is 0.762. The molecule has 5 nitrogen and oxygen atoms in total. The molecule has 0 aliphatic heterocycles. The Hall–Kier alpha value is -2.60. The first-order valence-corrected chi connectivity index (χ1v) is 7.79. The Morgan fingerprint density at radius 2 is 1.96 bits per heavy atom. The van der Waals surface area contributed by atoms with Gasteiger partial charge in [-0.15, -0.1) is 0 Å². The van der Waals surface area contributed by atoms with E-state index < -0.39 is 12.1 Å². The molecule has 0 aromatic heterocycles. The maximum atomic E-state index is 12.9. The number of aliphatic hydroxyl groups excluding tert-OH is 1. The number of aliphatic hydroxyl groups is 1. The number of hydrogen-bond donors (Lipinski definition) is 3. The largest absolute Gasteiger partial charge is 0.387 e. The standard InChI is InChI=1S/C18H22FN3O2/c1-3-22(2)16-6-4-5-15(11-16)21-18(24)20-12-17(23)13-7-9-14(19)10-8-13/h4-11,17,23H,3,12H2,1-2H3,(H2,20,21,24). The molecule has 1 unspecified atom stereocenters. The number of carbonyl (C=O) groups is 1. The lowest BCUT2D eigenvalue weighted by Crippen LogP contribution is -2.32. The van der Waals surface area contributed by atoms with E-state index in [0.29, 0.717) is 11.3 Å². The van der Waals surface area contributed by atoms with Crippen LogP contribution < -0.4 is 15.5 Å². The lowest BCUT2D eigenvalue weighted by Gasteiger charge is -2.18. The highest BCUT2D eigenvalue weighted by Gasteiger charge is 2.10. The molecule has 0 heterocycles. The number of nitrogens with one attached hydrogen (secondary N) is 2. The van der Waals surface area contributed by atoms with Crippen molar-refractivity contribution in [2.75, 3.05) is 30.4 Å². The van der Waals surface area contributed by atoms with Crippen molar-refractivity contribution in [2.45, 2.75) is 13.0 Å². The van der Waals surface area contributed by atoms with Gasteiger partial charge >= 0.3 is 6.03 Å². The van der Waals surface area contributed by atoms with Crippen molar-refractivity contribution in [1.82, 2.24) is 5.32 Å². The van der Waals surface area contributed by atoms with Crippen LogP contribution in [0.3, 0.4) is 0 Å². The van der Waals surface area contributed by atoms with Crippen LogP contribution in [-0.2, 0) is 0 Å². The van der Waals surface area contributed by atoms with Gasteiger partial charge in [-0.25, -0.2) is 9.18 Å². The normalized spacial score (nSPS) is 11.7. The van der Waals surface area contributed by atoms with Crippen molar-refractivity contribution in [3.8, 4) is 0 Å². The minimum absolute atomic E-state index is 0.0337. The van der Waals surface area contributed by atoms with Gasteiger partial charge in [0.05, 0.1) is 6.10 Å². The molecule has 0 spiro atoms. The van der Waals surface area contributed by atoms with E-state index in [2.05, 4.69) is 15.5 Å². The predicted molar refractivity (Wildman–Crippen MR) is 93.8 cm³/mol. The number of anilines is 2. The number of rotatable bonds is 6. The summed E-state index contributed by atoms with van der Waals surface area (Å²) < 4.78 is 12.9. The highest BCUT2D eigenvalue weighted by molar-refractivity contribution is 5.89. The molecular weight excluding hydrogens is 309 g/mol. The van der Waals surface area contributed by atoms with Gasteiger partial charge in [-0.2, -0.15) is 0 Å². The molecule has 2 rings (SSSR count). The molecule has 1 atom stereocenters. The summed E-state index contributed by atoms with van der Waals surface area (Å²) >= 11 is 0. The van der Waals surface area contributed by atoms with Gasteiger partial charge in [0.15, 0.2) is 0 Å². The summed E-state index contributed by atoms with van der Waals surface area (Å²) in [5, 5.41) is 15.3. The number of carbonyl (C=O) groups excluding carboxylic acids is 1. The Labute approximate surface area is 141 Å². The Morgan fingerprint density at radius 1 is 1.25 bits per heavy atom. The summed E-state index contributed by atoms with van der Waals surface area (Å²) in [6, 6.07) is 12.6. The molecule has 3 N–H and O–H groups in total. The third-order valence-electron chi connectivity index (χ3n) is 3.73.